The lowest BCUT2D eigenvalue weighted by Crippen LogP contribution is -2.37. The lowest BCUT2D eigenvalue weighted by atomic mass is 10.2. The van der Waals surface area contributed by atoms with E-state index in [1.807, 2.05) is 0 Å². The molecule has 2 fully saturated rings. The van der Waals surface area contributed by atoms with Crippen LogP contribution in [0.25, 0.3) is 0 Å². The van der Waals surface area contributed by atoms with Crippen molar-refractivity contribution in [3.63, 3.8) is 0 Å². The predicted molar refractivity (Wildman–Crippen MR) is 103 cm³/mol. The summed E-state index contributed by atoms with van der Waals surface area (Å²) in [6, 6.07) is 3.02. The molecule has 2 nitrogen and oxygen atoms in total. The minimum absolute atomic E-state index is 0.697. The van der Waals surface area contributed by atoms with Crippen molar-refractivity contribution in [2.24, 2.45) is 0 Å². The highest BCUT2D eigenvalue weighted by Gasteiger charge is 2.31. The van der Waals surface area contributed by atoms with E-state index in [2.05, 4.69) is 58.3 Å². The zero-order valence-electron chi connectivity index (χ0n) is 15.1. The fourth-order valence-electron chi connectivity index (χ4n) is 3.74. The number of rotatable bonds is 9. The van der Waals surface area contributed by atoms with Gasteiger partial charge in [-0.1, -0.05) is 39.5 Å². The smallest absolute Gasteiger partial charge is 0.0213 e. The predicted octanol–water partition coefficient (Wildman–Crippen LogP) is 6.28. The van der Waals surface area contributed by atoms with Gasteiger partial charge in [0, 0.05) is 46.1 Å². The Morgan fingerprint density at radius 3 is 1.32 bits per heavy atom. The normalized spacial score (nSPS) is 23.7. The van der Waals surface area contributed by atoms with Crippen molar-refractivity contribution in [1.29, 1.82) is 0 Å². The molecule has 2 atom stereocenters. The van der Waals surface area contributed by atoms with Crippen LogP contribution in [0.3, 0.4) is 0 Å². The van der Waals surface area contributed by atoms with Gasteiger partial charge in [-0.3, -0.25) is 0 Å². The molecule has 0 aromatic rings. The average Bonchev–Trinajstić information content (AvgIpc) is 3.23. The molecule has 130 valence electrons. The van der Waals surface area contributed by atoms with Gasteiger partial charge in [-0.15, -0.1) is 0 Å². The lowest BCUT2D eigenvalue weighted by molar-refractivity contribution is 0.278. The van der Waals surface area contributed by atoms with Crippen molar-refractivity contribution >= 4 is 22.0 Å². The van der Waals surface area contributed by atoms with Crippen molar-refractivity contribution in [1.82, 2.24) is 8.61 Å². The Morgan fingerprint density at radius 2 is 1.05 bits per heavy atom. The van der Waals surface area contributed by atoms with Gasteiger partial charge in [-0.05, 0) is 52.4 Å². The van der Waals surface area contributed by atoms with Crippen LogP contribution in [-0.4, -0.2) is 32.8 Å². The largest absolute Gasteiger partial charge is 0.234 e. The Bertz CT molecular complexity index is 271. The summed E-state index contributed by atoms with van der Waals surface area (Å²) in [5.74, 6) is 0. The maximum Gasteiger partial charge on any atom is 0.0213 e. The maximum atomic E-state index is 2.74. The molecular weight excluding hydrogens is 308 g/mol. The van der Waals surface area contributed by atoms with E-state index in [0.717, 1.165) is 12.1 Å². The molecule has 0 radical (unpaired) electrons. The molecule has 0 saturated heterocycles. The van der Waals surface area contributed by atoms with Crippen LogP contribution in [0.5, 0.6) is 0 Å². The highest BCUT2D eigenvalue weighted by Crippen LogP contribution is 2.42. The molecule has 22 heavy (non-hydrogen) atoms. The van der Waals surface area contributed by atoms with E-state index >= 15 is 0 Å². The van der Waals surface area contributed by atoms with Crippen LogP contribution in [-0.2, 0) is 0 Å². The zero-order valence-corrected chi connectivity index (χ0v) is 16.7. The van der Waals surface area contributed by atoms with Gasteiger partial charge in [0.15, 0.2) is 0 Å². The first-order valence-electron chi connectivity index (χ1n) is 9.58. The topological polar surface area (TPSA) is 6.48 Å². The van der Waals surface area contributed by atoms with Gasteiger partial charge in [-0.2, -0.15) is 0 Å². The van der Waals surface area contributed by atoms with Gasteiger partial charge >= 0.3 is 0 Å². The monoisotopic (exact) mass is 344 g/mol. The maximum absolute atomic E-state index is 2.74. The van der Waals surface area contributed by atoms with Crippen molar-refractivity contribution in [2.75, 3.05) is 0 Å². The number of hydrogen-bond acceptors (Lipinski definition) is 4. The molecule has 0 N–H and O–H groups in total. The van der Waals surface area contributed by atoms with Crippen molar-refractivity contribution in [3.8, 4) is 0 Å². The van der Waals surface area contributed by atoms with Crippen LogP contribution in [0.2, 0.25) is 0 Å². The second-order valence-corrected chi connectivity index (χ2v) is 9.30. The molecule has 0 aliphatic heterocycles. The Morgan fingerprint density at radius 1 is 0.727 bits per heavy atom. The zero-order chi connectivity index (χ0) is 15.9. The summed E-state index contributed by atoms with van der Waals surface area (Å²) in [4.78, 5) is 0. The van der Waals surface area contributed by atoms with Crippen LogP contribution in [0, 0.1) is 0 Å². The Kier molecular flexibility index (Phi) is 8.45. The second-order valence-electron chi connectivity index (χ2n) is 7.26. The molecule has 0 aromatic heterocycles. The van der Waals surface area contributed by atoms with Gasteiger partial charge < -0.3 is 0 Å². The fraction of sp³-hybridized carbons (Fsp3) is 1.00. The second kappa shape index (κ2) is 9.80. The van der Waals surface area contributed by atoms with E-state index in [1.165, 1.54) is 64.2 Å². The van der Waals surface area contributed by atoms with Crippen molar-refractivity contribution < 1.29 is 0 Å². The molecule has 2 unspecified atom stereocenters. The van der Waals surface area contributed by atoms with Crippen LogP contribution in [0.15, 0.2) is 0 Å². The third kappa shape index (κ3) is 5.06. The fourth-order valence-corrected chi connectivity index (χ4v) is 7.23. The standard InChI is InChI=1S/C18H36N2S2/c1-5-15(3)19(17-11-7-8-12-17)21-22-20(16(4)6-2)18-13-9-10-14-18/h15-18H,5-14H2,1-4H3. The average molecular weight is 345 g/mol. The van der Waals surface area contributed by atoms with Crippen LogP contribution in [0.4, 0.5) is 0 Å². The number of nitrogens with zero attached hydrogens (tertiary/aromatic N) is 2. The van der Waals surface area contributed by atoms with E-state index in [1.54, 1.807) is 0 Å². The number of hydrogen-bond donors (Lipinski definition) is 0. The van der Waals surface area contributed by atoms with Crippen LogP contribution < -0.4 is 0 Å². The SMILES string of the molecule is CCC(C)N(SSN(C(C)CC)C1CCCC1)C1CCCC1. The first-order valence-corrected chi connectivity index (χ1v) is 11.6. The molecule has 0 amide bonds. The third-order valence-electron chi connectivity index (χ3n) is 5.63. The summed E-state index contributed by atoms with van der Waals surface area (Å²) >= 11 is 0. The minimum Gasteiger partial charge on any atom is -0.234 e. The third-order valence-corrected chi connectivity index (χ3v) is 8.58. The first-order chi connectivity index (χ1) is 10.7. The van der Waals surface area contributed by atoms with Crippen molar-refractivity contribution in [2.45, 2.75) is 116 Å². The van der Waals surface area contributed by atoms with Gasteiger partial charge in [0.25, 0.3) is 0 Å². The van der Waals surface area contributed by atoms with E-state index in [0.29, 0.717) is 12.1 Å². The Balaban J connectivity index is 1.94. The summed E-state index contributed by atoms with van der Waals surface area (Å²) in [6.45, 7) is 9.49. The van der Waals surface area contributed by atoms with E-state index in [-0.39, 0.29) is 0 Å². The van der Waals surface area contributed by atoms with Crippen molar-refractivity contribution in [3.05, 3.63) is 0 Å². The summed E-state index contributed by atoms with van der Waals surface area (Å²) < 4.78 is 5.48. The molecule has 2 aliphatic rings. The van der Waals surface area contributed by atoms with E-state index in [4.69, 9.17) is 0 Å². The first kappa shape index (κ1) is 19.0. The summed E-state index contributed by atoms with van der Waals surface area (Å²) in [5.41, 5.74) is 0. The van der Waals surface area contributed by atoms with Gasteiger partial charge in [-0.25, -0.2) is 8.61 Å². The summed E-state index contributed by atoms with van der Waals surface area (Å²) in [7, 11) is 4.13. The molecule has 2 rings (SSSR count). The minimum atomic E-state index is 0.697. The molecule has 2 aliphatic carbocycles. The molecule has 0 aromatic carbocycles. The Hall–Kier alpha value is 0.620. The summed E-state index contributed by atoms with van der Waals surface area (Å²) in [6.07, 6.45) is 13.9. The molecule has 2 saturated carbocycles. The molecular formula is C18H36N2S2. The highest BCUT2D eigenvalue weighted by molar-refractivity contribution is 8.74. The highest BCUT2D eigenvalue weighted by atomic mass is 33.1. The molecule has 0 bridgehead atoms. The summed E-state index contributed by atoms with van der Waals surface area (Å²) in [5, 5.41) is 0. The molecule has 4 heteroatoms. The Labute approximate surface area is 146 Å². The quantitative estimate of drug-likeness (QED) is 0.358. The van der Waals surface area contributed by atoms with E-state index < -0.39 is 0 Å². The van der Waals surface area contributed by atoms with Gasteiger partial charge in [0.2, 0.25) is 0 Å². The molecule has 0 spiro atoms. The van der Waals surface area contributed by atoms with Gasteiger partial charge in [0.1, 0.15) is 0 Å². The lowest BCUT2D eigenvalue weighted by Gasteiger charge is -2.37. The van der Waals surface area contributed by atoms with Gasteiger partial charge in [0.05, 0.1) is 0 Å². The van der Waals surface area contributed by atoms with Crippen LogP contribution in [0.1, 0.15) is 91.9 Å². The molecule has 0 heterocycles. The van der Waals surface area contributed by atoms with E-state index in [9.17, 15) is 0 Å². The van der Waals surface area contributed by atoms with Crippen LogP contribution >= 0.6 is 22.0 Å².